The Morgan fingerprint density at radius 1 is 2.00 bits per heavy atom. The summed E-state index contributed by atoms with van der Waals surface area (Å²) < 4.78 is 17.4. The molecule has 1 atom stereocenters. The average Bonchev–Trinajstić information content (AvgIpc) is 2.19. The Kier molecular flexibility index (Phi) is 1.29. The van der Waals surface area contributed by atoms with E-state index in [1.807, 2.05) is 5.92 Å². The number of amides is 1. The van der Waals surface area contributed by atoms with Crippen LogP contribution in [0.1, 0.15) is 0 Å². The average molecular weight is 143 g/mol. The van der Waals surface area contributed by atoms with Crippen molar-refractivity contribution in [1.29, 1.82) is 0 Å². The van der Waals surface area contributed by atoms with E-state index in [2.05, 4.69) is 4.74 Å². The number of hydrogen-bond donors (Lipinski definition) is 0. The fourth-order valence-electron chi connectivity index (χ4n) is 0.634. The molecule has 1 fully saturated rings. The zero-order valence-electron chi connectivity index (χ0n) is 5.43. The summed E-state index contributed by atoms with van der Waals surface area (Å²) in [4.78, 5) is 11.3. The number of alkyl halides is 1. The lowest BCUT2D eigenvalue weighted by Crippen LogP contribution is -2.38. The van der Waals surface area contributed by atoms with Crippen molar-refractivity contribution in [2.24, 2.45) is 0 Å². The number of hydrogen-bond acceptors (Lipinski definition) is 2. The van der Waals surface area contributed by atoms with Gasteiger partial charge in [-0.15, -0.1) is 6.42 Å². The fourth-order valence-corrected chi connectivity index (χ4v) is 0.634. The Labute approximate surface area is 57.8 Å². The Hall–Kier alpha value is -1.24. The second-order valence-electron chi connectivity index (χ2n) is 2.02. The topological polar surface area (TPSA) is 29.5 Å². The largest absolute Gasteiger partial charge is 0.443 e. The number of terminal acetylenes is 1. The monoisotopic (exact) mass is 143 g/mol. The van der Waals surface area contributed by atoms with Gasteiger partial charge >= 0.3 is 6.09 Å². The van der Waals surface area contributed by atoms with Crippen LogP contribution in [0.4, 0.5) is 9.18 Å². The molecule has 0 radical (unpaired) electrons. The van der Waals surface area contributed by atoms with E-state index < -0.39 is 11.9 Å². The van der Waals surface area contributed by atoms with Crippen LogP contribution in [0.25, 0.3) is 0 Å². The molecule has 54 valence electrons. The van der Waals surface area contributed by atoms with Gasteiger partial charge < -0.3 is 4.74 Å². The number of carbonyl (C=O) groups excluding carboxylic acids is 1. The van der Waals surface area contributed by atoms with Crippen molar-refractivity contribution in [1.82, 2.24) is 4.90 Å². The lowest BCUT2D eigenvalue weighted by atomic mass is 10.3. The predicted octanol–water partition coefficient (Wildman–Crippen LogP) is 0.367. The van der Waals surface area contributed by atoms with Gasteiger partial charge in [0.05, 0.1) is 0 Å². The third-order valence-electron chi connectivity index (χ3n) is 1.41. The summed E-state index contributed by atoms with van der Waals surface area (Å²) in [7, 11) is 1.26. The molecule has 0 bridgehead atoms. The minimum Gasteiger partial charge on any atom is -0.443 e. The predicted molar refractivity (Wildman–Crippen MR) is 31.8 cm³/mol. The zero-order chi connectivity index (χ0) is 7.78. The summed E-state index contributed by atoms with van der Waals surface area (Å²) in [6.45, 7) is -0.376. The highest BCUT2D eigenvalue weighted by Crippen LogP contribution is 2.22. The molecule has 1 unspecified atom stereocenters. The van der Waals surface area contributed by atoms with Crippen molar-refractivity contribution in [2.75, 3.05) is 13.7 Å². The van der Waals surface area contributed by atoms with E-state index in [-0.39, 0.29) is 6.61 Å². The van der Waals surface area contributed by atoms with E-state index in [4.69, 9.17) is 6.42 Å². The zero-order valence-corrected chi connectivity index (χ0v) is 5.43. The number of rotatable bonds is 0. The van der Waals surface area contributed by atoms with Gasteiger partial charge in [0.1, 0.15) is 0 Å². The molecule has 0 spiro atoms. The van der Waals surface area contributed by atoms with Crippen molar-refractivity contribution in [3.8, 4) is 12.3 Å². The molecule has 1 saturated heterocycles. The molecule has 0 N–H and O–H groups in total. The first-order chi connectivity index (χ1) is 4.60. The molecule has 0 saturated carbocycles. The highest BCUT2D eigenvalue weighted by molar-refractivity contribution is 5.71. The van der Waals surface area contributed by atoms with E-state index in [9.17, 15) is 9.18 Å². The van der Waals surface area contributed by atoms with Crippen molar-refractivity contribution in [3.05, 3.63) is 0 Å². The van der Waals surface area contributed by atoms with Gasteiger partial charge in [-0.2, -0.15) is 0 Å². The van der Waals surface area contributed by atoms with Crippen LogP contribution >= 0.6 is 0 Å². The maximum atomic E-state index is 13.0. The summed E-state index contributed by atoms with van der Waals surface area (Å²) in [5, 5.41) is 0. The Bertz CT molecular complexity index is 210. The normalized spacial score (nSPS) is 31.7. The number of likely N-dealkylation sites (N-methyl/N-ethyl adjacent to an activating group) is 1. The van der Waals surface area contributed by atoms with Crippen molar-refractivity contribution in [3.63, 3.8) is 0 Å². The first-order valence-electron chi connectivity index (χ1n) is 2.67. The summed E-state index contributed by atoms with van der Waals surface area (Å²) in [6, 6.07) is 0. The molecule has 3 nitrogen and oxygen atoms in total. The molecule has 0 aromatic heterocycles. The van der Waals surface area contributed by atoms with Gasteiger partial charge in [0.25, 0.3) is 5.79 Å². The molecule has 1 heterocycles. The van der Waals surface area contributed by atoms with Crippen LogP contribution in [-0.2, 0) is 4.74 Å². The van der Waals surface area contributed by atoms with E-state index in [1.54, 1.807) is 0 Å². The number of halogens is 1. The lowest BCUT2D eigenvalue weighted by Gasteiger charge is -2.16. The number of nitrogens with zero attached hydrogens (tertiary/aromatic N) is 1. The maximum absolute atomic E-state index is 13.0. The standard InChI is InChI=1S/C6H6FNO2/c1-3-6(7)4-10-5(9)8(6)2/h1H,4H2,2H3. The van der Waals surface area contributed by atoms with E-state index in [1.165, 1.54) is 7.05 Å². The molecule has 1 aliphatic heterocycles. The highest BCUT2D eigenvalue weighted by Gasteiger charge is 2.44. The molecule has 4 heteroatoms. The smallest absolute Gasteiger partial charge is 0.413 e. The van der Waals surface area contributed by atoms with Gasteiger partial charge in [-0.1, -0.05) is 0 Å². The third kappa shape index (κ3) is 0.711. The quantitative estimate of drug-likeness (QED) is 0.362. The number of ether oxygens (including phenoxy) is 1. The van der Waals surface area contributed by atoms with Crippen molar-refractivity contribution < 1.29 is 13.9 Å². The van der Waals surface area contributed by atoms with Crippen LogP contribution in [0, 0.1) is 12.3 Å². The van der Waals surface area contributed by atoms with Crippen molar-refractivity contribution in [2.45, 2.75) is 5.79 Å². The van der Waals surface area contributed by atoms with Crippen LogP contribution in [0.3, 0.4) is 0 Å². The van der Waals surface area contributed by atoms with Gasteiger partial charge in [0, 0.05) is 7.05 Å². The molecule has 1 amide bonds. The minimum absolute atomic E-state index is 0.376. The summed E-state index contributed by atoms with van der Waals surface area (Å²) in [6.07, 6.45) is 4.10. The summed E-state index contributed by atoms with van der Waals surface area (Å²) in [5.41, 5.74) is 0. The van der Waals surface area contributed by atoms with Gasteiger partial charge in [0.15, 0.2) is 6.61 Å². The minimum atomic E-state index is -2.04. The SMILES string of the molecule is C#CC1(F)COC(=O)N1C. The second-order valence-corrected chi connectivity index (χ2v) is 2.02. The second kappa shape index (κ2) is 1.87. The van der Waals surface area contributed by atoms with Crippen LogP contribution in [-0.4, -0.2) is 30.4 Å². The lowest BCUT2D eigenvalue weighted by molar-refractivity contribution is 0.103. The highest BCUT2D eigenvalue weighted by atomic mass is 19.1. The first kappa shape index (κ1) is 6.87. The molecule has 0 aliphatic carbocycles. The summed E-state index contributed by atoms with van der Waals surface area (Å²) in [5.74, 6) is -0.211. The number of cyclic esters (lactones) is 1. The van der Waals surface area contributed by atoms with Crippen LogP contribution in [0.2, 0.25) is 0 Å². The molecule has 1 rings (SSSR count). The van der Waals surface area contributed by atoms with Crippen LogP contribution < -0.4 is 0 Å². The van der Waals surface area contributed by atoms with Crippen LogP contribution in [0.5, 0.6) is 0 Å². The maximum Gasteiger partial charge on any atom is 0.413 e. The Morgan fingerprint density at radius 3 is 2.80 bits per heavy atom. The van der Waals surface area contributed by atoms with Gasteiger partial charge in [-0.3, -0.25) is 4.90 Å². The van der Waals surface area contributed by atoms with E-state index >= 15 is 0 Å². The molecule has 1 aliphatic rings. The van der Waals surface area contributed by atoms with Gasteiger partial charge in [-0.05, 0) is 5.92 Å². The molecular formula is C6H6FNO2. The fraction of sp³-hybridized carbons (Fsp3) is 0.500. The Balaban J connectivity index is 2.86. The van der Waals surface area contributed by atoms with Crippen molar-refractivity contribution >= 4 is 6.09 Å². The summed E-state index contributed by atoms with van der Waals surface area (Å²) >= 11 is 0. The third-order valence-corrected chi connectivity index (χ3v) is 1.41. The molecule has 0 aromatic carbocycles. The van der Waals surface area contributed by atoms with Gasteiger partial charge in [0.2, 0.25) is 0 Å². The van der Waals surface area contributed by atoms with Crippen LogP contribution in [0.15, 0.2) is 0 Å². The Morgan fingerprint density at radius 2 is 2.60 bits per heavy atom. The van der Waals surface area contributed by atoms with Gasteiger partial charge in [-0.25, -0.2) is 9.18 Å². The molecular weight excluding hydrogens is 137 g/mol. The first-order valence-corrected chi connectivity index (χ1v) is 2.67. The number of carbonyl (C=O) groups is 1. The van der Waals surface area contributed by atoms with E-state index in [0.717, 1.165) is 4.90 Å². The molecule has 10 heavy (non-hydrogen) atoms. The van der Waals surface area contributed by atoms with E-state index in [0.29, 0.717) is 0 Å². The molecule has 0 aromatic rings.